The lowest BCUT2D eigenvalue weighted by Crippen LogP contribution is -2.34. The summed E-state index contributed by atoms with van der Waals surface area (Å²) in [5, 5.41) is 11.3. The molecule has 0 saturated heterocycles. The lowest BCUT2D eigenvalue weighted by Gasteiger charge is -2.30. The van der Waals surface area contributed by atoms with Crippen LogP contribution in [-0.2, 0) is 0 Å². The van der Waals surface area contributed by atoms with Crippen LogP contribution in [0.15, 0.2) is 18.2 Å². The van der Waals surface area contributed by atoms with Gasteiger partial charge in [0.25, 0.3) is 0 Å². The zero-order valence-electron chi connectivity index (χ0n) is 11.9. The quantitative estimate of drug-likeness (QED) is 0.470. The predicted molar refractivity (Wildman–Crippen MR) is 78.2 cm³/mol. The van der Waals surface area contributed by atoms with Crippen molar-refractivity contribution in [3.05, 3.63) is 28.3 Å². The van der Waals surface area contributed by atoms with Gasteiger partial charge in [0.05, 0.1) is 4.92 Å². The molecule has 1 rings (SSSR count). The number of nitro benzene ring substituents is 1. The summed E-state index contributed by atoms with van der Waals surface area (Å²) >= 11 is 0. The first kappa shape index (κ1) is 15.2. The Labute approximate surface area is 113 Å². The number of nitro groups is 1. The summed E-state index contributed by atoms with van der Waals surface area (Å²) in [7, 11) is 0. The molecule has 6 nitrogen and oxygen atoms in total. The van der Waals surface area contributed by atoms with Crippen molar-refractivity contribution in [2.45, 2.75) is 33.7 Å². The summed E-state index contributed by atoms with van der Waals surface area (Å²) in [6.45, 7) is 8.98. The summed E-state index contributed by atoms with van der Waals surface area (Å²) < 4.78 is 0. The van der Waals surface area contributed by atoms with Gasteiger partial charge in [-0.05, 0) is 31.9 Å². The molecule has 6 heteroatoms. The Morgan fingerprint density at radius 3 is 2.42 bits per heavy atom. The van der Waals surface area contributed by atoms with Gasteiger partial charge in [0, 0.05) is 12.6 Å². The van der Waals surface area contributed by atoms with Crippen molar-refractivity contribution < 1.29 is 4.92 Å². The maximum absolute atomic E-state index is 11.3. The minimum Gasteiger partial charge on any atom is -0.363 e. The van der Waals surface area contributed by atoms with Crippen LogP contribution in [0.2, 0.25) is 0 Å². The summed E-state index contributed by atoms with van der Waals surface area (Å²) in [6.07, 6.45) is 0. The highest BCUT2D eigenvalue weighted by Gasteiger charge is 2.25. The van der Waals surface area contributed by atoms with Crippen LogP contribution in [0.5, 0.6) is 0 Å². The van der Waals surface area contributed by atoms with Crippen molar-refractivity contribution in [1.82, 2.24) is 0 Å². The number of anilines is 2. The summed E-state index contributed by atoms with van der Waals surface area (Å²) in [5.41, 5.74) is 3.35. The van der Waals surface area contributed by atoms with E-state index >= 15 is 0 Å². The van der Waals surface area contributed by atoms with Gasteiger partial charge in [-0.25, -0.2) is 0 Å². The van der Waals surface area contributed by atoms with E-state index in [4.69, 9.17) is 5.84 Å². The first-order valence-electron chi connectivity index (χ1n) is 6.39. The van der Waals surface area contributed by atoms with Crippen LogP contribution in [0.1, 0.15) is 27.7 Å². The molecule has 0 saturated carbocycles. The molecule has 0 unspecified atom stereocenters. The Kier molecular flexibility index (Phi) is 5.11. The van der Waals surface area contributed by atoms with E-state index in [0.29, 0.717) is 17.3 Å². The Bertz CT molecular complexity index is 446. The number of hydrazine groups is 1. The first-order valence-corrected chi connectivity index (χ1v) is 6.39. The van der Waals surface area contributed by atoms with Crippen LogP contribution in [-0.4, -0.2) is 17.5 Å². The van der Waals surface area contributed by atoms with Crippen LogP contribution < -0.4 is 16.2 Å². The lowest BCUT2D eigenvalue weighted by molar-refractivity contribution is -0.383. The van der Waals surface area contributed by atoms with E-state index in [2.05, 4.69) is 19.3 Å². The smallest absolute Gasteiger partial charge is 0.316 e. The Hall–Kier alpha value is -1.82. The molecule has 0 radical (unpaired) electrons. The molecular formula is C13H22N4O2. The second kappa shape index (κ2) is 6.38. The minimum atomic E-state index is -0.389. The number of benzene rings is 1. The Balaban J connectivity index is 3.33. The fraction of sp³-hybridized carbons (Fsp3) is 0.538. The third kappa shape index (κ3) is 3.57. The molecule has 0 fully saturated rings. The SMILES string of the molecule is CC(C)CN(c1cccc(NN)c1[N+](=O)[O-])C(C)C. The highest BCUT2D eigenvalue weighted by Crippen LogP contribution is 2.36. The minimum absolute atomic E-state index is 0.0272. The first-order chi connectivity index (χ1) is 8.88. The van der Waals surface area contributed by atoms with E-state index in [1.165, 1.54) is 0 Å². The summed E-state index contributed by atoms with van der Waals surface area (Å²) in [5.74, 6) is 5.78. The second-order valence-electron chi connectivity index (χ2n) is 5.21. The van der Waals surface area contributed by atoms with E-state index in [-0.39, 0.29) is 16.7 Å². The van der Waals surface area contributed by atoms with Crippen molar-refractivity contribution in [3.63, 3.8) is 0 Å². The zero-order chi connectivity index (χ0) is 14.6. The van der Waals surface area contributed by atoms with E-state index in [1.54, 1.807) is 18.2 Å². The van der Waals surface area contributed by atoms with Crippen LogP contribution in [0.4, 0.5) is 17.1 Å². The van der Waals surface area contributed by atoms with Gasteiger partial charge in [-0.15, -0.1) is 0 Å². The van der Waals surface area contributed by atoms with E-state index in [0.717, 1.165) is 6.54 Å². The lowest BCUT2D eigenvalue weighted by atomic mass is 10.1. The fourth-order valence-corrected chi connectivity index (χ4v) is 2.05. The van der Waals surface area contributed by atoms with E-state index in [9.17, 15) is 10.1 Å². The number of para-hydroxylation sites is 1. The summed E-state index contributed by atoms with van der Waals surface area (Å²) in [4.78, 5) is 12.9. The molecule has 0 bridgehead atoms. The van der Waals surface area contributed by atoms with Crippen molar-refractivity contribution in [1.29, 1.82) is 0 Å². The topological polar surface area (TPSA) is 84.4 Å². The molecular weight excluding hydrogens is 244 g/mol. The maximum atomic E-state index is 11.3. The molecule has 0 atom stereocenters. The molecule has 0 heterocycles. The van der Waals surface area contributed by atoms with Crippen LogP contribution in [0.25, 0.3) is 0 Å². The maximum Gasteiger partial charge on any atom is 0.316 e. The number of nitrogens with zero attached hydrogens (tertiary/aromatic N) is 2. The largest absolute Gasteiger partial charge is 0.363 e. The molecule has 1 aromatic carbocycles. The van der Waals surface area contributed by atoms with Gasteiger partial charge in [-0.1, -0.05) is 19.9 Å². The van der Waals surface area contributed by atoms with E-state index in [1.807, 2.05) is 18.7 Å². The molecule has 3 N–H and O–H groups in total. The molecule has 0 aliphatic heterocycles. The summed E-state index contributed by atoms with van der Waals surface area (Å²) in [6, 6.07) is 5.32. The van der Waals surface area contributed by atoms with Gasteiger partial charge in [-0.3, -0.25) is 16.0 Å². The van der Waals surface area contributed by atoms with Gasteiger partial charge in [-0.2, -0.15) is 0 Å². The number of nitrogens with two attached hydrogens (primary N) is 1. The molecule has 0 aliphatic rings. The van der Waals surface area contributed by atoms with Gasteiger partial charge in [0.15, 0.2) is 0 Å². The second-order valence-corrected chi connectivity index (χ2v) is 5.21. The highest BCUT2D eigenvalue weighted by atomic mass is 16.6. The van der Waals surface area contributed by atoms with Gasteiger partial charge >= 0.3 is 5.69 Å². The van der Waals surface area contributed by atoms with Crippen LogP contribution in [0, 0.1) is 16.0 Å². The molecule has 106 valence electrons. The predicted octanol–water partition coefficient (Wildman–Crippen LogP) is 2.75. The third-order valence-electron chi connectivity index (χ3n) is 2.85. The third-order valence-corrected chi connectivity index (χ3v) is 2.85. The number of nitrogens with one attached hydrogen (secondary N) is 1. The normalized spacial score (nSPS) is 10.9. The molecule has 0 spiro atoms. The molecule has 0 amide bonds. The molecule has 19 heavy (non-hydrogen) atoms. The van der Waals surface area contributed by atoms with Crippen molar-refractivity contribution in [3.8, 4) is 0 Å². The van der Waals surface area contributed by atoms with Crippen LogP contribution in [0.3, 0.4) is 0 Å². The molecule has 0 aromatic heterocycles. The fourth-order valence-electron chi connectivity index (χ4n) is 2.05. The monoisotopic (exact) mass is 266 g/mol. The van der Waals surface area contributed by atoms with Gasteiger partial charge in [0.2, 0.25) is 0 Å². The molecule has 1 aromatic rings. The zero-order valence-corrected chi connectivity index (χ0v) is 11.9. The number of rotatable bonds is 6. The number of hydrogen-bond donors (Lipinski definition) is 2. The van der Waals surface area contributed by atoms with Crippen molar-refractivity contribution >= 4 is 17.1 Å². The average Bonchev–Trinajstić information content (AvgIpc) is 2.34. The standard InChI is InChI=1S/C13H22N4O2/c1-9(2)8-16(10(3)4)12-7-5-6-11(15-14)13(12)17(18)19/h5-7,9-10,15H,8,14H2,1-4H3. The Morgan fingerprint density at radius 2 is 2.00 bits per heavy atom. The number of hydrogen-bond acceptors (Lipinski definition) is 5. The van der Waals surface area contributed by atoms with Crippen molar-refractivity contribution in [2.24, 2.45) is 11.8 Å². The van der Waals surface area contributed by atoms with Gasteiger partial charge in [0.1, 0.15) is 11.4 Å². The number of nitrogen functional groups attached to an aromatic ring is 1. The highest BCUT2D eigenvalue weighted by molar-refractivity contribution is 5.77. The van der Waals surface area contributed by atoms with Crippen LogP contribution >= 0.6 is 0 Å². The molecule has 0 aliphatic carbocycles. The van der Waals surface area contributed by atoms with Gasteiger partial charge < -0.3 is 10.3 Å². The average molecular weight is 266 g/mol. The van der Waals surface area contributed by atoms with Crippen molar-refractivity contribution in [2.75, 3.05) is 16.9 Å². The van der Waals surface area contributed by atoms with E-state index < -0.39 is 0 Å². The Morgan fingerprint density at radius 1 is 1.37 bits per heavy atom.